The Hall–Kier alpha value is -1.16. The van der Waals surface area contributed by atoms with Crippen molar-refractivity contribution in [3.05, 3.63) is 34.8 Å². The Kier molecular flexibility index (Phi) is 6.66. The fourth-order valence-electron chi connectivity index (χ4n) is 0.731. The Bertz CT molecular complexity index is 267. The summed E-state index contributed by atoms with van der Waals surface area (Å²) >= 11 is 1.35. The Morgan fingerprint density at radius 1 is 1.64 bits per heavy atom. The lowest BCUT2D eigenvalue weighted by Crippen LogP contribution is -2.04. The molecule has 78 valence electrons. The maximum Gasteiger partial charge on any atom is 0.371 e. The molecule has 0 aromatic rings. The average molecular weight is 214 g/mol. The molecule has 0 atom stereocenters. The van der Waals surface area contributed by atoms with Gasteiger partial charge >= 0.3 is 5.97 Å². The minimum atomic E-state index is -1.06. The van der Waals surface area contributed by atoms with Gasteiger partial charge in [-0.15, -0.1) is 0 Å². The van der Waals surface area contributed by atoms with Crippen LogP contribution in [0.5, 0.6) is 0 Å². The van der Waals surface area contributed by atoms with E-state index in [1.807, 2.05) is 6.92 Å². The molecule has 0 radical (unpaired) electrons. The van der Waals surface area contributed by atoms with Gasteiger partial charge in [0.2, 0.25) is 5.76 Å². The first-order valence-corrected chi connectivity index (χ1v) is 5.05. The van der Waals surface area contributed by atoms with E-state index in [-0.39, 0.29) is 5.76 Å². The van der Waals surface area contributed by atoms with Crippen molar-refractivity contribution in [3.8, 4) is 0 Å². The first kappa shape index (κ1) is 12.8. The van der Waals surface area contributed by atoms with Crippen molar-refractivity contribution in [2.75, 3.05) is 6.61 Å². The zero-order valence-electron chi connectivity index (χ0n) is 8.32. The van der Waals surface area contributed by atoms with Gasteiger partial charge in [0.05, 0.1) is 6.61 Å². The maximum atomic E-state index is 10.7. The van der Waals surface area contributed by atoms with Gasteiger partial charge in [-0.1, -0.05) is 24.4 Å². The topological polar surface area (TPSA) is 46.5 Å². The molecule has 0 saturated carbocycles. The fourth-order valence-corrected chi connectivity index (χ4v) is 1.24. The first-order chi connectivity index (χ1) is 6.65. The largest absolute Gasteiger partial charge is 0.487 e. The summed E-state index contributed by atoms with van der Waals surface area (Å²) in [5.74, 6) is -1.11. The van der Waals surface area contributed by atoms with Crippen LogP contribution in [-0.2, 0) is 9.53 Å². The van der Waals surface area contributed by atoms with Gasteiger partial charge in [-0.3, -0.25) is 0 Å². The lowest BCUT2D eigenvalue weighted by atomic mass is 10.4. The van der Waals surface area contributed by atoms with Gasteiger partial charge in [-0.05, 0) is 19.3 Å². The molecule has 0 rings (SSSR count). The summed E-state index contributed by atoms with van der Waals surface area (Å²) in [5, 5.41) is 10.4. The van der Waals surface area contributed by atoms with E-state index in [4.69, 9.17) is 9.84 Å². The molecule has 0 aromatic carbocycles. The van der Waals surface area contributed by atoms with E-state index in [2.05, 4.69) is 6.58 Å². The van der Waals surface area contributed by atoms with Crippen LogP contribution in [0, 0.1) is 0 Å². The van der Waals surface area contributed by atoms with Crippen molar-refractivity contribution in [2.24, 2.45) is 0 Å². The summed E-state index contributed by atoms with van der Waals surface area (Å²) < 4.78 is 4.96. The summed E-state index contributed by atoms with van der Waals surface area (Å²) in [6, 6.07) is 0. The molecule has 1 N–H and O–H groups in total. The number of thioether (sulfide) groups is 1. The molecule has 0 aliphatic rings. The highest BCUT2D eigenvalue weighted by Crippen LogP contribution is 2.19. The standard InChI is InChI=1S/C10H14O3S/c1-4-8(14-6-3)7-9(10(11)12)13-5-2/h4,6-7H,3,5H2,1-2H3,(H,11,12)/b8-4-,9-7-. The molecule has 4 heteroatoms. The van der Waals surface area contributed by atoms with Crippen LogP contribution in [0.25, 0.3) is 0 Å². The number of allylic oxidation sites excluding steroid dienone is 2. The second-order valence-corrected chi connectivity index (χ2v) is 3.26. The minimum Gasteiger partial charge on any atom is -0.487 e. The minimum absolute atomic E-state index is 0.0463. The van der Waals surface area contributed by atoms with Crippen LogP contribution in [0.15, 0.2) is 34.8 Å². The van der Waals surface area contributed by atoms with E-state index in [9.17, 15) is 4.79 Å². The molecule has 0 bridgehead atoms. The van der Waals surface area contributed by atoms with Crippen LogP contribution in [0.2, 0.25) is 0 Å². The number of hydrogen-bond donors (Lipinski definition) is 1. The highest BCUT2D eigenvalue weighted by atomic mass is 32.2. The zero-order valence-corrected chi connectivity index (χ0v) is 9.13. The molecular weight excluding hydrogens is 200 g/mol. The molecule has 3 nitrogen and oxygen atoms in total. The van der Waals surface area contributed by atoms with Crippen molar-refractivity contribution < 1.29 is 14.6 Å². The Labute approximate surface area is 88.1 Å². The number of aliphatic carboxylic acids is 1. The van der Waals surface area contributed by atoms with E-state index >= 15 is 0 Å². The van der Waals surface area contributed by atoms with Crippen molar-refractivity contribution in [3.63, 3.8) is 0 Å². The van der Waals surface area contributed by atoms with Gasteiger partial charge in [-0.25, -0.2) is 4.79 Å². The highest BCUT2D eigenvalue weighted by molar-refractivity contribution is 8.06. The summed E-state index contributed by atoms with van der Waals surface area (Å²) in [6.45, 7) is 7.46. The third-order valence-corrected chi connectivity index (χ3v) is 2.08. The van der Waals surface area contributed by atoms with E-state index in [1.165, 1.54) is 17.8 Å². The predicted octanol–water partition coefficient (Wildman–Crippen LogP) is 2.77. The van der Waals surface area contributed by atoms with Crippen LogP contribution in [0.3, 0.4) is 0 Å². The molecule has 0 spiro atoms. The van der Waals surface area contributed by atoms with Gasteiger partial charge in [-0.2, -0.15) is 0 Å². The molecule has 0 amide bonds. The third kappa shape index (κ3) is 4.77. The number of ether oxygens (including phenoxy) is 1. The van der Waals surface area contributed by atoms with Crippen LogP contribution < -0.4 is 0 Å². The van der Waals surface area contributed by atoms with E-state index in [0.29, 0.717) is 6.61 Å². The van der Waals surface area contributed by atoms with E-state index in [0.717, 1.165) is 4.91 Å². The van der Waals surface area contributed by atoms with Crippen LogP contribution in [-0.4, -0.2) is 17.7 Å². The molecule has 0 fully saturated rings. The molecular formula is C10H14O3S. The van der Waals surface area contributed by atoms with E-state index < -0.39 is 5.97 Å². The van der Waals surface area contributed by atoms with Crippen molar-refractivity contribution in [2.45, 2.75) is 13.8 Å². The van der Waals surface area contributed by atoms with Crippen molar-refractivity contribution in [1.29, 1.82) is 0 Å². The number of carboxylic acids is 1. The first-order valence-electron chi connectivity index (χ1n) is 4.17. The molecule has 0 heterocycles. The Morgan fingerprint density at radius 2 is 2.29 bits per heavy atom. The van der Waals surface area contributed by atoms with Crippen LogP contribution in [0.1, 0.15) is 13.8 Å². The van der Waals surface area contributed by atoms with Crippen molar-refractivity contribution >= 4 is 17.7 Å². The maximum absolute atomic E-state index is 10.7. The second kappa shape index (κ2) is 7.26. The van der Waals surface area contributed by atoms with Gasteiger partial charge in [0.15, 0.2) is 0 Å². The third-order valence-electron chi connectivity index (χ3n) is 1.29. The van der Waals surface area contributed by atoms with Crippen molar-refractivity contribution in [1.82, 2.24) is 0 Å². The van der Waals surface area contributed by atoms with Gasteiger partial charge < -0.3 is 9.84 Å². The normalized spacial score (nSPS) is 12.4. The summed E-state index contributed by atoms with van der Waals surface area (Å²) in [5.41, 5.74) is 0. The van der Waals surface area contributed by atoms with Gasteiger partial charge in [0, 0.05) is 11.0 Å². The average Bonchev–Trinajstić information content (AvgIpc) is 2.15. The number of hydrogen-bond acceptors (Lipinski definition) is 3. The molecule has 0 saturated heterocycles. The molecule has 14 heavy (non-hydrogen) atoms. The van der Waals surface area contributed by atoms with Gasteiger partial charge in [0.25, 0.3) is 0 Å². The lowest BCUT2D eigenvalue weighted by molar-refractivity contribution is -0.136. The predicted molar refractivity (Wildman–Crippen MR) is 58.9 cm³/mol. The Balaban J connectivity index is 4.68. The summed E-state index contributed by atoms with van der Waals surface area (Å²) in [6.07, 6.45) is 3.28. The summed E-state index contributed by atoms with van der Waals surface area (Å²) in [7, 11) is 0. The molecule has 0 aromatic heterocycles. The zero-order chi connectivity index (χ0) is 11.0. The highest BCUT2D eigenvalue weighted by Gasteiger charge is 2.08. The monoisotopic (exact) mass is 214 g/mol. The SMILES string of the molecule is C=CSC(=C\C)/C=C(\OCC)C(=O)O. The summed E-state index contributed by atoms with van der Waals surface area (Å²) in [4.78, 5) is 11.5. The second-order valence-electron chi connectivity index (χ2n) is 2.22. The molecule has 0 unspecified atom stereocenters. The quantitative estimate of drug-likeness (QED) is 0.419. The number of carbonyl (C=O) groups is 1. The van der Waals surface area contributed by atoms with Crippen LogP contribution in [0.4, 0.5) is 0 Å². The van der Waals surface area contributed by atoms with Gasteiger partial charge in [0.1, 0.15) is 0 Å². The Morgan fingerprint density at radius 3 is 2.64 bits per heavy atom. The lowest BCUT2D eigenvalue weighted by Gasteiger charge is -2.03. The molecule has 0 aliphatic carbocycles. The molecule has 0 aliphatic heterocycles. The fraction of sp³-hybridized carbons (Fsp3) is 0.300. The smallest absolute Gasteiger partial charge is 0.371 e. The van der Waals surface area contributed by atoms with Crippen LogP contribution >= 0.6 is 11.8 Å². The number of rotatable bonds is 6. The van der Waals surface area contributed by atoms with E-state index in [1.54, 1.807) is 18.4 Å². The number of carboxylic acid groups (broad SMARTS) is 1.